The number of H-pyrrole nitrogens is 1. The Balaban J connectivity index is 2.05. The molecule has 2 aromatic rings. The highest BCUT2D eigenvalue weighted by atomic mass is 35.5. The second-order valence-corrected chi connectivity index (χ2v) is 6.24. The molecule has 1 aromatic carbocycles. The maximum atomic E-state index is 14.6. The zero-order valence-electron chi connectivity index (χ0n) is 11.8. The van der Waals surface area contributed by atoms with Crippen LogP contribution in [0.3, 0.4) is 0 Å². The highest BCUT2D eigenvalue weighted by Crippen LogP contribution is 2.46. The number of alkyl halides is 2. The fourth-order valence-electron chi connectivity index (χ4n) is 3.22. The number of aliphatic hydroxyl groups excluding tert-OH is 1. The van der Waals surface area contributed by atoms with E-state index in [9.17, 15) is 18.3 Å². The van der Waals surface area contributed by atoms with Crippen LogP contribution in [0.2, 0.25) is 5.02 Å². The molecular formula is C15H16ClF3N2O. The van der Waals surface area contributed by atoms with Crippen LogP contribution >= 0.6 is 11.6 Å². The standard InChI is InChI=1S/C15H16ClF3N2O/c16-10-6-8-7-20-21-13(8)11(12(10)17)14(22)15(18,19)9-4-2-1-3-5-9/h6-7,9,14,22H,1-5H2,(H,20,21). The van der Waals surface area contributed by atoms with Crippen molar-refractivity contribution in [2.24, 2.45) is 5.92 Å². The SMILES string of the molecule is OC(c1c(F)c(Cl)cc2cn[nH]c12)C(F)(F)C1CCCCC1. The summed E-state index contributed by atoms with van der Waals surface area (Å²) in [5.41, 5.74) is -0.444. The molecule has 3 rings (SSSR count). The monoisotopic (exact) mass is 332 g/mol. The lowest BCUT2D eigenvalue weighted by Gasteiger charge is -2.33. The molecule has 1 saturated carbocycles. The molecule has 0 radical (unpaired) electrons. The Morgan fingerprint density at radius 3 is 2.68 bits per heavy atom. The van der Waals surface area contributed by atoms with E-state index in [1.165, 1.54) is 12.3 Å². The van der Waals surface area contributed by atoms with Crippen molar-refractivity contribution in [3.05, 3.63) is 28.7 Å². The zero-order valence-corrected chi connectivity index (χ0v) is 12.5. The molecule has 2 N–H and O–H groups in total. The molecule has 0 amide bonds. The van der Waals surface area contributed by atoms with Gasteiger partial charge in [0.2, 0.25) is 0 Å². The van der Waals surface area contributed by atoms with E-state index in [1.807, 2.05) is 0 Å². The van der Waals surface area contributed by atoms with E-state index < -0.39 is 29.3 Å². The van der Waals surface area contributed by atoms with Crippen molar-refractivity contribution < 1.29 is 18.3 Å². The first-order valence-electron chi connectivity index (χ1n) is 7.29. The van der Waals surface area contributed by atoms with Crippen LogP contribution < -0.4 is 0 Å². The van der Waals surface area contributed by atoms with Gasteiger partial charge in [-0.05, 0) is 18.9 Å². The van der Waals surface area contributed by atoms with Gasteiger partial charge in [0, 0.05) is 16.9 Å². The van der Waals surface area contributed by atoms with Gasteiger partial charge < -0.3 is 5.11 Å². The van der Waals surface area contributed by atoms with Crippen molar-refractivity contribution >= 4 is 22.5 Å². The number of benzene rings is 1. The lowest BCUT2D eigenvalue weighted by atomic mass is 9.81. The van der Waals surface area contributed by atoms with E-state index in [0.29, 0.717) is 31.1 Å². The summed E-state index contributed by atoms with van der Waals surface area (Å²) in [5, 5.41) is 16.5. The summed E-state index contributed by atoms with van der Waals surface area (Å²) in [6, 6.07) is 1.30. The number of hydrogen-bond acceptors (Lipinski definition) is 2. The summed E-state index contributed by atoms with van der Waals surface area (Å²) >= 11 is 5.76. The predicted octanol–water partition coefficient (Wildman–Crippen LogP) is 4.60. The second kappa shape index (κ2) is 5.74. The Morgan fingerprint density at radius 2 is 2.00 bits per heavy atom. The lowest BCUT2D eigenvalue weighted by Crippen LogP contribution is -2.37. The van der Waals surface area contributed by atoms with Crippen LogP contribution in [0.25, 0.3) is 10.9 Å². The van der Waals surface area contributed by atoms with Gasteiger partial charge in [-0.2, -0.15) is 5.10 Å². The third-order valence-corrected chi connectivity index (χ3v) is 4.73. The first-order valence-corrected chi connectivity index (χ1v) is 7.67. The van der Waals surface area contributed by atoms with Crippen LogP contribution in [-0.4, -0.2) is 21.2 Å². The van der Waals surface area contributed by atoms with E-state index in [-0.39, 0.29) is 10.5 Å². The minimum atomic E-state index is -3.41. The fraction of sp³-hybridized carbons (Fsp3) is 0.533. The average Bonchev–Trinajstić information content (AvgIpc) is 2.96. The Bertz CT molecular complexity index is 683. The maximum Gasteiger partial charge on any atom is 0.280 e. The Kier molecular flexibility index (Phi) is 4.07. The van der Waals surface area contributed by atoms with Crippen molar-refractivity contribution in [1.82, 2.24) is 10.2 Å². The van der Waals surface area contributed by atoms with Gasteiger partial charge in [-0.1, -0.05) is 30.9 Å². The van der Waals surface area contributed by atoms with Crippen LogP contribution in [0.4, 0.5) is 13.2 Å². The smallest absolute Gasteiger partial charge is 0.280 e. The molecule has 0 saturated heterocycles. The number of hydrogen-bond donors (Lipinski definition) is 2. The van der Waals surface area contributed by atoms with Crippen molar-refractivity contribution in [3.8, 4) is 0 Å². The minimum absolute atomic E-state index is 0.0601. The number of aromatic amines is 1. The lowest BCUT2D eigenvalue weighted by molar-refractivity contribution is -0.158. The summed E-state index contributed by atoms with van der Waals surface area (Å²) in [6.45, 7) is 0. The highest BCUT2D eigenvalue weighted by molar-refractivity contribution is 6.31. The van der Waals surface area contributed by atoms with Crippen molar-refractivity contribution in [1.29, 1.82) is 0 Å². The number of aromatic nitrogens is 2. The summed E-state index contributed by atoms with van der Waals surface area (Å²) in [5.74, 6) is -5.39. The van der Waals surface area contributed by atoms with Crippen LogP contribution in [0.15, 0.2) is 12.3 Å². The average molecular weight is 333 g/mol. The van der Waals surface area contributed by atoms with Crippen LogP contribution in [0, 0.1) is 11.7 Å². The quantitative estimate of drug-likeness (QED) is 0.862. The number of nitrogens with zero attached hydrogens (tertiary/aromatic N) is 1. The molecule has 1 aliphatic rings. The molecule has 1 atom stereocenters. The molecule has 7 heteroatoms. The molecule has 1 aromatic heterocycles. The molecule has 0 spiro atoms. The molecular weight excluding hydrogens is 317 g/mol. The minimum Gasteiger partial charge on any atom is -0.382 e. The Labute approximate surface area is 130 Å². The molecule has 3 nitrogen and oxygen atoms in total. The van der Waals surface area contributed by atoms with Crippen molar-refractivity contribution in [2.75, 3.05) is 0 Å². The number of aliphatic hydroxyl groups is 1. The molecule has 120 valence electrons. The summed E-state index contributed by atoms with van der Waals surface area (Å²) in [6.07, 6.45) is 2.08. The first-order chi connectivity index (χ1) is 10.4. The zero-order chi connectivity index (χ0) is 15.9. The van der Waals surface area contributed by atoms with Crippen molar-refractivity contribution in [2.45, 2.75) is 44.1 Å². The van der Waals surface area contributed by atoms with Gasteiger partial charge in [-0.3, -0.25) is 5.10 Å². The topological polar surface area (TPSA) is 48.9 Å². The number of halogens is 4. The summed E-state index contributed by atoms with van der Waals surface area (Å²) < 4.78 is 43.6. The molecule has 1 unspecified atom stereocenters. The van der Waals surface area contributed by atoms with E-state index in [1.54, 1.807) is 0 Å². The molecule has 0 aliphatic heterocycles. The number of nitrogens with one attached hydrogen (secondary N) is 1. The van der Waals surface area contributed by atoms with Crippen LogP contribution in [0.5, 0.6) is 0 Å². The Hall–Kier alpha value is -1.27. The summed E-state index contributed by atoms with van der Waals surface area (Å²) in [7, 11) is 0. The fourth-order valence-corrected chi connectivity index (χ4v) is 3.44. The van der Waals surface area contributed by atoms with E-state index >= 15 is 0 Å². The van der Waals surface area contributed by atoms with Crippen molar-refractivity contribution in [3.63, 3.8) is 0 Å². The van der Waals surface area contributed by atoms with E-state index in [2.05, 4.69) is 10.2 Å². The van der Waals surface area contributed by atoms with Gasteiger partial charge in [0.25, 0.3) is 5.92 Å². The molecule has 1 aliphatic carbocycles. The van der Waals surface area contributed by atoms with Crippen LogP contribution in [-0.2, 0) is 0 Å². The molecule has 22 heavy (non-hydrogen) atoms. The second-order valence-electron chi connectivity index (χ2n) is 5.83. The molecule has 1 fully saturated rings. The highest BCUT2D eigenvalue weighted by Gasteiger charge is 2.48. The molecule has 0 bridgehead atoms. The van der Waals surface area contributed by atoms with Gasteiger partial charge in [0.15, 0.2) is 0 Å². The number of fused-ring (bicyclic) bond motifs is 1. The third-order valence-electron chi connectivity index (χ3n) is 4.45. The van der Waals surface area contributed by atoms with Gasteiger partial charge in [-0.25, -0.2) is 13.2 Å². The first kappa shape index (κ1) is 15.6. The number of rotatable bonds is 3. The third kappa shape index (κ3) is 2.48. The van der Waals surface area contributed by atoms with Gasteiger partial charge >= 0.3 is 0 Å². The van der Waals surface area contributed by atoms with Gasteiger partial charge in [0.1, 0.15) is 11.9 Å². The summed E-state index contributed by atoms with van der Waals surface area (Å²) in [4.78, 5) is 0. The largest absolute Gasteiger partial charge is 0.382 e. The Morgan fingerprint density at radius 1 is 1.32 bits per heavy atom. The molecule has 1 heterocycles. The normalized spacial score (nSPS) is 18.8. The van der Waals surface area contributed by atoms with Crippen LogP contribution in [0.1, 0.15) is 43.8 Å². The van der Waals surface area contributed by atoms with Gasteiger partial charge in [-0.15, -0.1) is 0 Å². The van der Waals surface area contributed by atoms with E-state index in [4.69, 9.17) is 11.6 Å². The maximum absolute atomic E-state index is 14.6. The van der Waals surface area contributed by atoms with E-state index in [0.717, 1.165) is 6.42 Å². The predicted molar refractivity (Wildman–Crippen MR) is 77.5 cm³/mol. The van der Waals surface area contributed by atoms with Gasteiger partial charge in [0.05, 0.1) is 16.7 Å².